The zero-order valence-electron chi connectivity index (χ0n) is 13.0. The van der Waals surface area contributed by atoms with Crippen LogP contribution in [0.2, 0.25) is 5.02 Å². The van der Waals surface area contributed by atoms with E-state index in [-0.39, 0.29) is 18.9 Å². The lowest BCUT2D eigenvalue weighted by molar-refractivity contribution is -0.148. The highest BCUT2D eigenvalue weighted by atomic mass is 35.5. The molecule has 1 aromatic heterocycles. The van der Waals surface area contributed by atoms with Crippen LogP contribution in [0.5, 0.6) is 0 Å². The number of hydrogen-bond acceptors (Lipinski definition) is 3. The quantitative estimate of drug-likeness (QED) is 0.665. The summed E-state index contributed by atoms with van der Waals surface area (Å²) in [7, 11) is 0. The summed E-state index contributed by atoms with van der Waals surface area (Å²) in [5.41, 5.74) is -2.40. The van der Waals surface area contributed by atoms with Gasteiger partial charge in [-0.3, -0.25) is 4.79 Å². The first kappa shape index (κ1) is 19.4. The molecule has 146 valence electrons. The normalized spacial score (nSPS) is 15.0. The molecular formula is C14H8ClF7N4O. The molecule has 13 heteroatoms. The minimum absolute atomic E-state index is 0.184. The molecule has 0 aliphatic carbocycles. The van der Waals surface area contributed by atoms with Gasteiger partial charge < -0.3 is 9.47 Å². The summed E-state index contributed by atoms with van der Waals surface area (Å²) in [4.78, 5) is 13.5. The highest BCUT2D eigenvalue weighted by Crippen LogP contribution is 2.39. The third-order valence-corrected chi connectivity index (χ3v) is 4.29. The number of nitrogens with zero attached hydrogens (tertiary/aromatic N) is 4. The number of amides is 1. The Hall–Kier alpha value is -2.37. The fourth-order valence-electron chi connectivity index (χ4n) is 2.69. The predicted octanol–water partition coefficient (Wildman–Crippen LogP) is 3.76. The SMILES string of the molecule is O=C(c1ccc(F)c(C(F)(F)F)c1Cl)N1CCn2c(nnc2C(F)(F)F)C1. The molecule has 1 amide bonds. The van der Waals surface area contributed by atoms with Crippen LogP contribution in [0.4, 0.5) is 30.7 Å². The first-order valence-corrected chi connectivity index (χ1v) is 7.62. The summed E-state index contributed by atoms with van der Waals surface area (Å²) in [5.74, 6) is -4.05. The van der Waals surface area contributed by atoms with Crippen molar-refractivity contribution < 1.29 is 35.5 Å². The van der Waals surface area contributed by atoms with Gasteiger partial charge in [-0.2, -0.15) is 26.3 Å². The van der Waals surface area contributed by atoms with Gasteiger partial charge in [-0.25, -0.2) is 4.39 Å². The van der Waals surface area contributed by atoms with Crippen molar-refractivity contribution in [3.05, 3.63) is 45.7 Å². The summed E-state index contributed by atoms with van der Waals surface area (Å²) in [6.45, 7) is -0.979. The van der Waals surface area contributed by atoms with E-state index in [1.165, 1.54) is 0 Å². The predicted molar refractivity (Wildman–Crippen MR) is 76.2 cm³/mol. The Morgan fingerprint density at radius 2 is 1.70 bits per heavy atom. The lowest BCUT2D eigenvalue weighted by Crippen LogP contribution is -2.39. The van der Waals surface area contributed by atoms with Crippen molar-refractivity contribution in [1.29, 1.82) is 0 Å². The monoisotopic (exact) mass is 416 g/mol. The van der Waals surface area contributed by atoms with Gasteiger partial charge in [-0.1, -0.05) is 11.6 Å². The first-order valence-electron chi connectivity index (χ1n) is 7.25. The molecule has 3 rings (SSSR count). The largest absolute Gasteiger partial charge is 0.451 e. The smallest absolute Gasteiger partial charge is 0.329 e. The third-order valence-electron chi connectivity index (χ3n) is 3.90. The number of halogens is 8. The molecule has 0 radical (unpaired) electrons. The highest BCUT2D eigenvalue weighted by molar-refractivity contribution is 6.34. The molecule has 2 aromatic rings. The number of benzene rings is 1. The standard InChI is InChI=1S/C14H8ClF7N4O/c15-10-6(1-2-7(16)9(10)13(17,18)19)11(27)25-3-4-26-8(5-25)23-24-12(26)14(20,21)22/h1-2H,3-5H2. The van der Waals surface area contributed by atoms with Crippen LogP contribution in [0.3, 0.4) is 0 Å². The Morgan fingerprint density at radius 1 is 1.04 bits per heavy atom. The Kier molecular flexibility index (Phi) is 4.57. The molecule has 0 fully saturated rings. The zero-order chi connectivity index (χ0) is 20.1. The van der Waals surface area contributed by atoms with E-state index in [1.54, 1.807) is 0 Å². The van der Waals surface area contributed by atoms with Gasteiger partial charge in [-0.15, -0.1) is 10.2 Å². The second-order valence-corrected chi connectivity index (χ2v) is 5.98. The summed E-state index contributed by atoms with van der Waals surface area (Å²) in [6, 6.07) is 1.24. The maximum absolute atomic E-state index is 13.5. The van der Waals surface area contributed by atoms with E-state index in [2.05, 4.69) is 10.2 Å². The molecule has 0 saturated heterocycles. The summed E-state index contributed by atoms with van der Waals surface area (Å²) < 4.78 is 91.5. The van der Waals surface area contributed by atoms with Crippen molar-refractivity contribution in [3.63, 3.8) is 0 Å². The van der Waals surface area contributed by atoms with Gasteiger partial charge in [0.25, 0.3) is 5.91 Å². The van der Waals surface area contributed by atoms with Crippen LogP contribution in [0, 0.1) is 5.82 Å². The van der Waals surface area contributed by atoms with Crippen LogP contribution < -0.4 is 0 Å². The van der Waals surface area contributed by atoms with E-state index in [0.717, 1.165) is 15.5 Å². The van der Waals surface area contributed by atoms with E-state index in [4.69, 9.17) is 11.6 Å². The van der Waals surface area contributed by atoms with Crippen molar-refractivity contribution in [3.8, 4) is 0 Å². The van der Waals surface area contributed by atoms with Crippen molar-refractivity contribution >= 4 is 17.5 Å². The van der Waals surface area contributed by atoms with Crippen molar-refractivity contribution in [2.24, 2.45) is 0 Å². The Labute approximate surface area is 151 Å². The lowest BCUT2D eigenvalue weighted by atomic mass is 10.1. The molecule has 2 heterocycles. The maximum Gasteiger partial charge on any atom is 0.451 e. The Bertz CT molecular complexity index is 906. The Morgan fingerprint density at radius 3 is 2.30 bits per heavy atom. The average molecular weight is 417 g/mol. The summed E-state index contributed by atoms with van der Waals surface area (Å²) in [6.07, 6.45) is -9.86. The molecule has 0 N–H and O–H groups in total. The summed E-state index contributed by atoms with van der Waals surface area (Å²) >= 11 is 5.59. The van der Waals surface area contributed by atoms with Crippen LogP contribution in [0.15, 0.2) is 12.1 Å². The van der Waals surface area contributed by atoms with Crippen molar-refractivity contribution in [1.82, 2.24) is 19.7 Å². The fourth-order valence-corrected chi connectivity index (χ4v) is 3.03. The third kappa shape index (κ3) is 3.45. The molecule has 1 aliphatic heterocycles. The number of hydrogen-bond donors (Lipinski definition) is 0. The maximum atomic E-state index is 13.5. The van der Waals surface area contributed by atoms with E-state index >= 15 is 0 Å². The lowest BCUT2D eigenvalue weighted by Gasteiger charge is -2.28. The topological polar surface area (TPSA) is 51.0 Å². The number of alkyl halides is 6. The molecule has 0 spiro atoms. The second kappa shape index (κ2) is 6.36. The number of rotatable bonds is 1. The van der Waals surface area contributed by atoms with Crippen LogP contribution in [0.1, 0.15) is 27.6 Å². The molecule has 0 bridgehead atoms. The van der Waals surface area contributed by atoms with Crippen LogP contribution in [0.25, 0.3) is 0 Å². The highest BCUT2D eigenvalue weighted by Gasteiger charge is 2.41. The molecule has 27 heavy (non-hydrogen) atoms. The number of fused-ring (bicyclic) bond motifs is 1. The van der Waals surface area contributed by atoms with E-state index in [0.29, 0.717) is 6.07 Å². The molecule has 0 atom stereocenters. The average Bonchev–Trinajstić information content (AvgIpc) is 2.96. The Balaban J connectivity index is 1.92. The van der Waals surface area contributed by atoms with Crippen molar-refractivity contribution in [2.75, 3.05) is 6.54 Å². The van der Waals surface area contributed by atoms with E-state index in [9.17, 15) is 35.5 Å². The number of aromatic nitrogens is 3. The van der Waals surface area contributed by atoms with Crippen molar-refractivity contribution in [2.45, 2.75) is 25.4 Å². The van der Waals surface area contributed by atoms with Gasteiger partial charge in [0.2, 0.25) is 5.82 Å². The van der Waals surface area contributed by atoms with Crippen LogP contribution in [-0.2, 0) is 25.4 Å². The minimum Gasteiger partial charge on any atom is -0.329 e. The van der Waals surface area contributed by atoms with Gasteiger partial charge in [0.1, 0.15) is 11.4 Å². The number of carbonyl (C=O) groups excluding carboxylic acids is 1. The molecule has 5 nitrogen and oxygen atoms in total. The summed E-state index contributed by atoms with van der Waals surface area (Å²) in [5, 5.41) is 5.29. The van der Waals surface area contributed by atoms with Gasteiger partial charge in [0, 0.05) is 13.1 Å². The van der Waals surface area contributed by atoms with Crippen LogP contribution in [-0.4, -0.2) is 32.1 Å². The molecule has 0 saturated carbocycles. The molecular weight excluding hydrogens is 409 g/mol. The minimum atomic E-state index is -5.12. The van der Waals surface area contributed by atoms with Gasteiger partial charge in [0.15, 0.2) is 5.82 Å². The van der Waals surface area contributed by atoms with Gasteiger partial charge in [0.05, 0.1) is 17.1 Å². The number of carbonyl (C=O) groups is 1. The zero-order valence-corrected chi connectivity index (χ0v) is 13.8. The van der Waals surface area contributed by atoms with E-state index in [1.807, 2.05) is 0 Å². The molecule has 1 aromatic carbocycles. The van der Waals surface area contributed by atoms with Gasteiger partial charge in [-0.05, 0) is 12.1 Å². The fraction of sp³-hybridized carbons (Fsp3) is 0.357. The van der Waals surface area contributed by atoms with E-state index < -0.39 is 52.6 Å². The van der Waals surface area contributed by atoms with Gasteiger partial charge >= 0.3 is 12.4 Å². The molecule has 1 aliphatic rings. The first-order chi connectivity index (χ1) is 12.4. The second-order valence-electron chi connectivity index (χ2n) is 5.60. The van der Waals surface area contributed by atoms with Crippen LogP contribution >= 0.6 is 11.6 Å². The molecule has 0 unspecified atom stereocenters.